The minimum Gasteiger partial charge on any atom is -0.490 e. The minimum absolute atomic E-state index is 0.00580. The van der Waals surface area contributed by atoms with Gasteiger partial charge in [0.15, 0.2) is 0 Å². The van der Waals surface area contributed by atoms with E-state index in [4.69, 9.17) is 28.4 Å². The lowest BCUT2D eigenvalue weighted by molar-refractivity contribution is -0.117. The third kappa shape index (κ3) is 23.8. The summed E-state index contributed by atoms with van der Waals surface area (Å²) in [5.41, 5.74) is 15.7. The first-order valence-electron chi connectivity index (χ1n) is 51.6. The summed E-state index contributed by atoms with van der Waals surface area (Å²) >= 11 is 0. The Labute approximate surface area is 816 Å². The number of aryl methyl sites for hydroxylation is 6. The van der Waals surface area contributed by atoms with Crippen molar-refractivity contribution in [3.8, 4) is 17.2 Å². The third-order valence-corrected chi connectivity index (χ3v) is 38.9. The van der Waals surface area contributed by atoms with E-state index in [0.29, 0.717) is 130 Å². The molecule has 742 valence electrons. The van der Waals surface area contributed by atoms with E-state index < -0.39 is 46.9 Å². The minimum atomic E-state index is -3.09. The molecule has 22 nitrogen and oxygen atoms in total. The zero-order valence-corrected chi connectivity index (χ0v) is 85.7. The highest BCUT2D eigenvalue weighted by atomic mass is 32.2. The van der Waals surface area contributed by atoms with Gasteiger partial charge in [0.2, 0.25) is 0 Å². The Morgan fingerprint density at radius 1 is 0.423 bits per heavy atom. The predicted octanol–water partition coefficient (Wildman–Crippen LogP) is 20.1. The second-order valence-corrected chi connectivity index (χ2v) is 50.0. The number of benzene rings is 6. The number of nitrogens with zero attached hydrogens (tertiary/aromatic N) is 7. The first-order valence-corrected chi connectivity index (χ1v) is 57.2. The molecule has 3 saturated carbocycles. The molecule has 6 aromatic rings. The van der Waals surface area contributed by atoms with E-state index >= 15 is 0 Å². The topological polar surface area (TPSA) is 259 Å². The molecule has 1 unspecified atom stereocenters. The molecule has 18 rings (SSSR count). The number of ketones is 3. The van der Waals surface area contributed by atoms with Gasteiger partial charge < -0.3 is 48.0 Å². The number of ether oxygens (including phenoxy) is 6. The monoisotopic (exact) mass is 1930 g/mol. The number of hydrogen-bond acceptors (Lipinski definition) is 19. The van der Waals surface area contributed by atoms with Gasteiger partial charge in [-0.1, -0.05) is 123 Å². The maximum atomic E-state index is 14.2. The lowest BCUT2D eigenvalue weighted by atomic mass is 9.68. The normalized spacial score (nSPS) is 30.1. The molecule has 6 aromatic carbocycles. The van der Waals surface area contributed by atoms with Gasteiger partial charge in [0.25, 0.3) is 17.7 Å². The zero-order chi connectivity index (χ0) is 96.4. The summed E-state index contributed by atoms with van der Waals surface area (Å²) in [4.78, 5) is 88.7. The summed E-state index contributed by atoms with van der Waals surface area (Å²) in [5, 5.41) is 0. The summed E-state index contributed by atoms with van der Waals surface area (Å²) in [6, 6.07) is 37.2. The molecule has 0 aromatic heterocycles. The lowest BCUT2D eigenvalue weighted by Crippen LogP contribution is -2.49. The van der Waals surface area contributed by atoms with Crippen LogP contribution in [0.15, 0.2) is 134 Å². The van der Waals surface area contributed by atoms with Crippen LogP contribution in [0, 0.1) is 56.3 Å². The second kappa shape index (κ2) is 44.8. The third-order valence-electron chi connectivity index (χ3n) is 32.3. The largest absolute Gasteiger partial charge is 0.490 e. The summed E-state index contributed by atoms with van der Waals surface area (Å²) in [6.07, 6.45) is 31.9. The molecule has 6 bridgehead atoms. The number of rotatable bonds is 16. The molecule has 3 amide bonds. The molecule has 6 aliphatic heterocycles. The average molecular weight is 1930 g/mol. The molecule has 15 atom stereocenters. The van der Waals surface area contributed by atoms with Crippen LogP contribution in [0.25, 0.3) is 0 Å². The SMILES string of the molecule is CCCC(=O)C[S@@]1(=O)=NC(=O)c2ccc3c(c2)N(C[C@@H]2CC[C@H]2[C@@H](OC)CCCCC1)C[C@@]1(CCCc2cc(C)ccc21)CO3.CCCC(=O)C[S@]1(=O)=NC(=O)c2ccc3c(c2)N(C[C@@H]2CC[C@H]2[C@@H](OC)CCCCC1)C[C@@]1(CCCc2cc(C)ccc21)CO3.CO[C@H]1/C=C/CCCS(=O)(CC(=O)CCN(C)C)=NC(=O)c2ccc3c(c2)N(C[C@@H]2CC[C@H]21)C[C@@]1(CCCc2cc(C)ccc21)CO3. The first kappa shape index (κ1) is 102. The van der Waals surface area contributed by atoms with Crippen molar-refractivity contribution in [1.82, 2.24) is 4.90 Å². The van der Waals surface area contributed by atoms with E-state index in [0.717, 1.165) is 183 Å². The first-order chi connectivity index (χ1) is 66.0. The summed E-state index contributed by atoms with van der Waals surface area (Å²) in [6.45, 7) is 17.7. The smallest absolute Gasteiger partial charge is 0.285 e. The number of carbonyl (C=O) groups excluding carboxylic acids is 6. The highest BCUT2D eigenvalue weighted by Crippen LogP contribution is 2.53. The van der Waals surface area contributed by atoms with Crippen LogP contribution in [0.5, 0.6) is 17.2 Å². The van der Waals surface area contributed by atoms with Crippen molar-refractivity contribution in [2.24, 2.45) is 48.6 Å². The summed E-state index contributed by atoms with van der Waals surface area (Å²) in [7, 11) is 0.148. The maximum Gasteiger partial charge on any atom is 0.285 e. The summed E-state index contributed by atoms with van der Waals surface area (Å²) < 4.78 is 93.5. The molecule has 6 aliphatic carbocycles. The Kier molecular flexibility index (Phi) is 33.2. The van der Waals surface area contributed by atoms with Crippen LogP contribution in [0.4, 0.5) is 17.1 Å². The lowest BCUT2D eigenvalue weighted by Gasteiger charge is -2.46. The molecule has 3 fully saturated rings. The standard InChI is InChI=1S/C38H51N3O5S.2C37H50N2O5S/c1-27-11-15-33-28(21-27)9-8-18-38(33)25-41-23-30-12-14-32(30)35(45-4)10-6-5-7-20-47(44,24-31(42)17-19-40(2)3)39-37(43)29-13-16-36(46-26-38)34(41)22-29;2*1-4-9-30(40)23-45(42)19-7-5-6-11-34(43-3)31-15-13-29(31)22-39-24-37(18-8-10-27-20-26(2)12-16-32(27)37)25-44-35-17-14-28(21-33(35)39)36(41)38-45/h6,10-11,13,15-16,21-22,30,32,35H,5,7-9,12,14,17-20,23-26H2,1-4H3;2*12,14,16-17,20-21,29,31,34H,4-11,13,15,18-19,22-25H2,1-3H3/b10-6+;;/t30-,32+,35-,38-,47?;29-,31+,34-,37-,45+;29-,31+,34-,37-,45-/m000/s1. The quantitative estimate of drug-likeness (QED) is 0.0815. The number of hydrogen-bond donors (Lipinski definition) is 0. The van der Waals surface area contributed by atoms with Crippen molar-refractivity contribution in [3.05, 3.63) is 188 Å². The molecule has 12 aliphatic rings. The van der Waals surface area contributed by atoms with E-state index in [1.165, 1.54) is 75.8 Å². The van der Waals surface area contributed by atoms with Crippen LogP contribution in [-0.2, 0) is 93.3 Å². The number of methoxy groups -OCH3 is 3. The van der Waals surface area contributed by atoms with Gasteiger partial charge in [0, 0.05) is 137 Å². The number of allylic oxidation sites excluding steroid dienone is 1. The highest BCUT2D eigenvalue weighted by Gasteiger charge is 2.50. The Morgan fingerprint density at radius 2 is 0.781 bits per heavy atom. The van der Waals surface area contributed by atoms with Gasteiger partial charge in [-0.2, -0.15) is 13.1 Å². The Bertz CT molecular complexity index is 5610. The molecule has 0 saturated heterocycles. The molecule has 0 N–H and O–H groups in total. The fraction of sp³-hybridized carbons (Fsp3) is 0.607. The van der Waals surface area contributed by atoms with E-state index in [9.17, 15) is 41.4 Å². The second-order valence-electron chi connectivity index (χ2n) is 42.7. The number of fused-ring (bicyclic) bond motifs is 12. The Balaban J connectivity index is 0.000000149. The fourth-order valence-corrected chi connectivity index (χ4v) is 30.6. The van der Waals surface area contributed by atoms with Crippen LogP contribution in [0.2, 0.25) is 0 Å². The van der Waals surface area contributed by atoms with Crippen molar-refractivity contribution in [1.29, 1.82) is 0 Å². The number of amides is 3. The molecular formula is C112H151N7O15S3. The van der Waals surface area contributed by atoms with Gasteiger partial charge in [0.05, 0.1) is 102 Å². The van der Waals surface area contributed by atoms with Crippen LogP contribution in [-0.4, -0.2) is 206 Å². The van der Waals surface area contributed by atoms with Crippen LogP contribution >= 0.6 is 0 Å². The van der Waals surface area contributed by atoms with E-state index in [1.807, 2.05) is 83.5 Å². The van der Waals surface area contributed by atoms with Gasteiger partial charge in [-0.15, -0.1) is 0 Å². The Hall–Kier alpha value is -8.43. The van der Waals surface area contributed by atoms with Crippen molar-refractivity contribution in [3.63, 3.8) is 0 Å². The van der Waals surface area contributed by atoms with Crippen molar-refractivity contribution in [2.75, 3.05) is 150 Å². The predicted molar refractivity (Wildman–Crippen MR) is 548 cm³/mol. The van der Waals surface area contributed by atoms with Crippen molar-refractivity contribution < 1.29 is 69.8 Å². The zero-order valence-electron chi connectivity index (χ0n) is 83.2. The van der Waals surface area contributed by atoms with Gasteiger partial charge in [0.1, 0.15) is 34.6 Å². The number of carbonyl (C=O) groups is 6. The molecule has 6 heterocycles. The number of anilines is 3. The van der Waals surface area contributed by atoms with Crippen molar-refractivity contribution in [2.45, 2.75) is 262 Å². The highest BCUT2D eigenvalue weighted by molar-refractivity contribution is 7.95. The number of Topliss-reactive ketones (excluding diaryl/α,β-unsaturated/α-hetero) is 3. The van der Waals surface area contributed by atoms with Crippen LogP contribution in [0.3, 0.4) is 0 Å². The molecule has 0 radical (unpaired) electrons. The molecule has 25 heteroatoms. The van der Waals surface area contributed by atoms with Gasteiger partial charge in [-0.3, -0.25) is 28.8 Å². The van der Waals surface area contributed by atoms with Gasteiger partial charge in [-0.25, -0.2) is 12.6 Å². The molecule has 137 heavy (non-hydrogen) atoms. The average Bonchev–Trinajstić information content (AvgIpc) is 1.75. The van der Waals surface area contributed by atoms with Gasteiger partial charge in [-0.05, 0) is 306 Å². The summed E-state index contributed by atoms with van der Waals surface area (Å²) in [5.74, 6) is 3.51. The maximum absolute atomic E-state index is 14.2. The Morgan fingerprint density at radius 3 is 1.12 bits per heavy atom. The van der Waals surface area contributed by atoms with E-state index in [1.54, 1.807) is 25.3 Å². The van der Waals surface area contributed by atoms with Crippen molar-refractivity contribution >= 4 is 81.3 Å². The van der Waals surface area contributed by atoms with Crippen LogP contribution < -0.4 is 28.9 Å². The van der Waals surface area contributed by atoms with Gasteiger partial charge >= 0.3 is 0 Å². The van der Waals surface area contributed by atoms with E-state index in [2.05, 4.69) is 115 Å². The fourth-order valence-electron chi connectivity index (χ4n) is 24.7. The molecular weight excluding hydrogens is 1780 g/mol. The van der Waals surface area contributed by atoms with E-state index in [-0.39, 0.29) is 92.8 Å². The van der Waals surface area contributed by atoms with Crippen LogP contribution in [0.1, 0.15) is 268 Å². The molecule has 3 spiro atoms.